The lowest BCUT2D eigenvalue weighted by Gasteiger charge is -2.42. The zero-order valence-electron chi connectivity index (χ0n) is 15.2. The third-order valence-corrected chi connectivity index (χ3v) is 5.47. The Morgan fingerprint density at radius 1 is 1.15 bits per heavy atom. The Balaban J connectivity index is 1.50. The molecule has 2 aromatic carbocycles. The van der Waals surface area contributed by atoms with Crippen molar-refractivity contribution in [2.45, 2.75) is 31.6 Å². The zero-order chi connectivity index (χ0) is 18.9. The second-order valence-corrected chi connectivity index (χ2v) is 7.09. The maximum Gasteiger partial charge on any atom is 0.273 e. The fraction of sp³-hybridized carbons (Fsp3) is 0.286. The van der Waals surface area contributed by atoms with Gasteiger partial charge < -0.3 is 5.32 Å². The number of nitrogens with one attached hydrogen (secondary N) is 1. The van der Waals surface area contributed by atoms with Crippen LogP contribution in [0.3, 0.4) is 0 Å². The summed E-state index contributed by atoms with van der Waals surface area (Å²) in [5.41, 5.74) is 2.87. The summed E-state index contributed by atoms with van der Waals surface area (Å²) >= 11 is 0. The molecule has 0 aliphatic heterocycles. The molecule has 3 aromatic rings. The molecule has 1 saturated carbocycles. The molecule has 1 aromatic heterocycles. The molecular weight excluding hydrogens is 343 g/mol. The van der Waals surface area contributed by atoms with E-state index in [1.165, 1.54) is 24.1 Å². The number of benzene rings is 2. The van der Waals surface area contributed by atoms with Gasteiger partial charge in [0.05, 0.1) is 11.4 Å². The summed E-state index contributed by atoms with van der Waals surface area (Å²) in [6.07, 6.45) is 3.31. The molecule has 6 heteroatoms. The Hall–Kier alpha value is -3.02. The zero-order valence-corrected chi connectivity index (χ0v) is 15.2. The Morgan fingerprint density at radius 3 is 2.48 bits per heavy atom. The average molecular weight is 364 g/mol. The first-order chi connectivity index (χ1) is 13.1. The van der Waals surface area contributed by atoms with Gasteiger partial charge in [-0.25, -0.2) is 9.07 Å². The minimum Gasteiger partial charge on any atom is -0.350 e. The topological polar surface area (TPSA) is 59.8 Å². The highest BCUT2D eigenvalue weighted by Gasteiger charge is 2.39. The largest absolute Gasteiger partial charge is 0.350 e. The molecule has 1 amide bonds. The minimum atomic E-state index is -0.318. The summed E-state index contributed by atoms with van der Waals surface area (Å²) in [6.45, 7) is 2.37. The van der Waals surface area contributed by atoms with Gasteiger partial charge in [0, 0.05) is 12.0 Å². The van der Waals surface area contributed by atoms with E-state index in [4.69, 9.17) is 0 Å². The number of carbonyl (C=O) groups is 1. The molecule has 0 unspecified atom stereocenters. The summed E-state index contributed by atoms with van der Waals surface area (Å²) < 4.78 is 14.7. The summed E-state index contributed by atoms with van der Waals surface area (Å²) in [5.74, 6) is -0.552. The van der Waals surface area contributed by atoms with E-state index in [9.17, 15) is 9.18 Å². The lowest BCUT2D eigenvalue weighted by molar-refractivity contribution is 0.0922. The van der Waals surface area contributed by atoms with Gasteiger partial charge in [0.15, 0.2) is 5.69 Å². The Kier molecular flexibility index (Phi) is 4.48. The number of nitrogens with zero attached hydrogens (tertiary/aromatic N) is 3. The van der Waals surface area contributed by atoms with E-state index >= 15 is 0 Å². The summed E-state index contributed by atoms with van der Waals surface area (Å²) in [7, 11) is 0. The van der Waals surface area contributed by atoms with E-state index in [1.807, 2.05) is 18.2 Å². The molecule has 0 saturated heterocycles. The van der Waals surface area contributed by atoms with E-state index in [1.54, 1.807) is 23.7 Å². The molecule has 1 fully saturated rings. The molecule has 1 heterocycles. The van der Waals surface area contributed by atoms with Gasteiger partial charge in [0.2, 0.25) is 0 Å². The molecule has 1 aliphatic rings. The van der Waals surface area contributed by atoms with Crippen molar-refractivity contribution < 1.29 is 9.18 Å². The maximum atomic E-state index is 13.1. The molecule has 0 spiro atoms. The van der Waals surface area contributed by atoms with Gasteiger partial charge in [-0.2, -0.15) is 0 Å². The highest BCUT2D eigenvalue weighted by molar-refractivity contribution is 5.93. The predicted octanol–water partition coefficient (Wildman–Crippen LogP) is 3.57. The van der Waals surface area contributed by atoms with Crippen molar-refractivity contribution in [3.05, 3.63) is 77.4 Å². The number of amides is 1. The van der Waals surface area contributed by atoms with Crippen molar-refractivity contribution in [2.75, 3.05) is 6.54 Å². The summed E-state index contributed by atoms with van der Waals surface area (Å²) in [6, 6.07) is 16.3. The molecule has 1 N–H and O–H groups in total. The number of carbonyl (C=O) groups excluding carboxylic acids is 1. The second-order valence-electron chi connectivity index (χ2n) is 7.09. The standard InChI is InChI=1S/C21H21FN4O/c1-15-19(24-25-26(15)18-10-8-17(22)9-11-18)20(27)23-14-21(12-5-13-21)16-6-3-2-4-7-16/h2-4,6-11H,5,12-14H2,1H3,(H,23,27). The second kappa shape index (κ2) is 6.95. The Labute approximate surface area is 157 Å². The number of hydrogen-bond acceptors (Lipinski definition) is 3. The lowest BCUT2D eigenvalue weighted by Crippen LogP contribution is -2.45. The van der Waals surface area contributed by atoms with Gasteiger partial charge in [-0.1, -0.05) is 42.0 Å². The predicted molar refractivity (Wildman–Crippen MR) is 100 cm³/mol. The third kappa shape index (κ3) is 3.23. The van der Waals surface area contributed by atoms with Gasteiger partial charge in [-0.3, -0.25) is 4.79 Å². The van der Waals surface area contributed by atoms with E-state index in [-0.39, 0.29) is 17.1 Å². The van der Waals surface area contributed by atoms with Crippen molar-refractivity contribution >= 4 is 5.91 Å². The van der Waals surface area contributed by atoms with Crippen LogP contribution in [0.1, 0.15) is 41.0 Å². The molecule has 0 bridgehead atoms. The highest BCUT2D eigenvalue weighted by atomic mass is 19.1. The molecule has 5 nitrogen and oxygen atoms in total. The fourth-order valence-corrected chi connectivity index (χ4v) is 3.66. The molecule has 0 atom stereocenters. The average Bonchev–Trinajstić information content (AvgIpc) is 3.04. The molecule has 138 valence electrons. The van der Waals surface area contributed by atoms with E-state index in [0.717, 1.165) is 12.8 Å². The Morgan fingerprint density at radius 2 is 1.85 bits per heavy atom. The highest BCUT2D eigenvalue weighted by Crippen LogP contribution is 2.43. The summed E-state index contributed by atoms with van der Waals surface area (Å²) in [5, 5.41) is 11.1. The van der Waals surface area contributed by atoms with Gasteiger partial charge in [0.1, 0.15) is 5.82 Å². The quantitative estimate of drug-likeness (QED) is 0.753. The molecular formula is C21H21FN4O. The molecule has 4 rings (SSSR count). The van der Waals surface area contributed by atoms with Crippen molar-refractivity contribution in [3.63, 3.8) is 0 Å². The van der Waals surface area contributed by atoms with Crippen LogP contribution in [-0.2, 0) is 5.41 Å². The van der Waals surface area contributed by atoms with Crippen LogP contribution in [0.25, 0.3) is 5.69 Å². The van der Waals surface area contributed by atoms with Crippen molar-refractivity contribution in [2.24, 2.45) is 0 Å². The first-order valence-corrected chi connectivity index (χ1v) is 9.11. The third-order valence-electron chi connectivity index (χ3n) is 5.47. The van der Waals surface area contributed by atoms with Gasteiger partial charge >= 0.3 is 0 Å². The van der Waals surface area contributed by atoms with Gasteiger partial charge in [0.25, 0.3) is 5.91 Å². The Bertz CT molecular complexity index is 946. The van der Waals surface area contributed by atoms with Gasteiger partial charge in [-0.05, 0) is 49.6 Å². The number of rotatable bonds is 5. The van der Waals surface area contributed by atoms with E-state index in [0.29, 0.717) is 23.6 Å². The lowest BCUT2D eigenvalue weighted by atomic mass is 9.64. The van der Waals surface area contributed by atoms with Crippen molar-refractivity contribution in [1.82, 2.24) is 20.3 Å². The van der Waals surface area contributed by atoms with Crippen LogP contribution >= 0.6 is 0 Å². The fourth-order valence-electron chi connectivity index (χ4n) is 3.66. The normalized spacial score (nSPS) is 15.2. The first kappa shape index (κ1) is 17.4. The molecule has 27 heavy (non-hydrogen) atoms. The monoisotopic (exact) mass is 364 g/mol. The number of aromatic nitrogens is 3. The van der Waals surface area contributed by atoms with Crippen LogP contribution < -0.4 is 5.32 Å². The summed E-state index contributed by atoms with van der Waals surface area (Å²) in [4.78, 5) is 12.7. The van der Waals surface area contributed by atoms with E-state index < -0.39 is 0 Å². The van der Waals surface area contributed by atoms with Crippen molar-refractivity contribution in [3.8, 4) is 5.69 Å². The van der Waals surface area contributed by atoms with Crippen LogP contribution in [0.5, 0.6) is 0 Å². The van der Waals surface area contributed by atoms with Crippen LogP contribution in [-0.4, -0.2) is 27.4 Å². The molecule has 0 radical (unpaired) electrons. The maximum absolute atomic E-state index is 13.1. The van der Waals surface area contributed by atoms with E-state index in [2.05, 4.69) is 27.8 Å². The number of halogens is 1. The van der Waals surface area contributed by atoms with Crippen LogP contribution in [0, 0.1) is 12.7 Å². The minimum absolute atomic E-state index is 0.0117. The van der Waals surface area contributed by atoms with Crippen LogP contribution in [0.15, 0.2) is 54.6 Å². The molecule has 1 aliphatic carbocycles. The van der Waals surface area contributed by atoms with Crippen LogP contribution in [0.4, 0.5) is 4.39 Å². The van der Waals surface area contributed by atoms with Gasteiger partial charge in [-0.15, -0.1) is 5.10 Å². The number of hydrogen-bond donors (Lipinski definition) is 1. The van der Waals surface area contributed by atoms with Crippen LogP contribution in [0.2, 0.25) is 0 Å². The van der Waals surface area contributed by atoms with Crippen molar-refractivity contribution in [1.29, 1.82) is 0 Å². The smallest absolute Gasteiger partial charge is 0.273 e. The SMILES string of the molecule is Cc1c(C(=O)NCC2(c3ccccc3)CCC2)nnn1-c1ccc(F)cc1. The first-order valence-electron chi connectivity index (χ1n) is 9.11.